The van der Waals surface area contributed by atoms with Crippen LogP contribution in [-0.4, -0.2) is 20.6 Å². The van der Waals surface area contributed by atoms with Crippen LogP contribution in [0.1, 0.15) is 21.7 Å². The molecule has 90 valence electrons. The number of aromatic carboxylic acids is 1. The largest absolute Gasteiger partial charge is 0.478 e. The first kappa shape index (κ1) is 13.3. The third kappa shape index (κ3) is 3.07. The quantitative estimate of drug-likeness (QED) is 0.912. The maximum Gasteiger partial charge on any atom is 0.335 e. The number of rotatable bonds is 3. The van der Waals surface area contributed by atoms with E-state index in [1.165, 1.54) is 0 Å². The van der Waals surface area contributed by atoms with Gasteiger partial charge in [0.05, 0.1) is 5.56 Å². The number of imidazole rings is 1. The molecule has 0 radical (unpaired) electrons. The first-order chi connectivity index (χ1) is 7.66. The molecule has 0 atom stereocenters. The summed E-state index contributed by atoms with van der Waals surface area (Å²) in [6, 6.07) is 6.87. The van der Waals surface area contributed by atoms with Crippen LogP contribution in [0.2, 0.25) is 0 Å². The van der Waals surface area contributed by atoms with E-state index in [1.807, 2.05) is 29.8 Å². The molecule has 0 saturated carbocycles. The molecule has 1 N–H and O–H groups in total. The Hall–Kier alpha value is -1.81. The van der Waals surface area contributed by atoms with Crippen molar-refractivity contribution in [3.63, 3.8) is 0 Å². The Labute approximate surface area is 105 Å². The van der Waals surface area contributed by atoms with E-state index in [2.05, 4.69) is 4.98 Å². The summed E-state index contributed by atoms with van der Waals surface area (Å²) < 4.78 is 2.01. The van der Waals surface area contributed by atoms with Gasteiger partial charge in [0.25, 0.3) is 0 Å². The minimum atomic E-state index is -0.898. The van der Waals surface area contributed by atoms with E-state index in [9.17, 15) is 4.79 Å². The topological polar surface area (TPSA) is 55.1 Å². The molecule has 2 rings (SSSR count). The molecular formula is C12H13ClN2O2. The molecule has 0 fully saturated rings. The van der Waals surface area contributed by atoms with Crippen LogP contribution in [-0.2, 0) is 6.54 Å². The molecule has 1 heterocycles. The van der Waals surface area contributed by atoms with Gasteiger partial charge in [-0.15, -0.1) is 12.4 Å². The normalized spacial score (nSPS) is 9.71. The Balaban J connectivity index is 0.00000144. The van der Waals surface area contributed by atoms with Crippen molar-refractivity contribution in [1.82, 2.24) is 9.55 Å². The lowest BCUT2D eigenvalue weighted by molar-refractivity contribution is 0.0697. The minimum absolute atomic E-state index is 0. The molecule has 0 aliphatic rings. The lowest BCUT2D eigenvalue weighted by Gasteiger charge is -2.05. The summed E-state index contributed by atoms with van der Waals surface area (Å²) >= 11 is 0. The first-order valence-electron chi connectivity index (χ1n) is 4.97. The molecule has 0 spiro atoms. The third-order valence-electron chi connectivity index (χ3n) is 2.48. The highest BCUT2D eigenvalue weighted by Crippen LogP contribution is 2.07. The van der Waals surface area contributed by atoms with Crippen molar-refractivity contribution >= 4 is 18.4 Å². The molecule has 1 aromatic heterocycles. The van der Waals surface area contributed by atoms with E-state index in [0.29, 0.717) is 12.1 Å². The van der Waals surface area contributed by atoms with E-state index in [-0.39, 0.29) is 12.4 Å². The van der Waals surface area contributed by atoms with Crippen molar-refractivity contribution in [2.24, 2.45) is 0 Å². The van der Waals surface area contributed by atoms with E-state index in [0.717, 1.165) is 11.4 Å². The van der Waals surface area contributed by atoms with Crippen LogP contribution < -0.4 is 0 Å². The molecule has 1 aromatic carbocycles. The second-order valence-corrected chi connectivity index (χ2v) is 3.60. The third-order valence-corrected chi connectivity index (χ3v) is 2.48. The van der Waals surface area contributed by atoms with E-state index < -0.39 is 5.97 Å². The smallest absolute Gasteiger partial charge is 0.335 e. The molecule has 0 amide bonds. The Morgan fingerprint density at radius 3 is 2.47 bits per heavy atom. The van der Waals surface area contributed by atoms with Crippen molar-refractivity contribution in [1.29, 1.82) is 0 Å². The monoisotopic (exact) mass is 252 g/mol. The Morgan fingerprint density at radius 2 is 2.00 bits per heavy atom. The average molecular weight is 253 g/mol. The fourth-order valence-corrected chi connectivity index (χ4v) is 1.52. The summed E-state index contributed by atoms with van der Waals surface area (Å²) in [4.78, 5) is 14.8. The van der Waals surface area contributed by atoms with Crippen molar-refractivity contribution < 1.29 is 9.90 Å². The molecular weight excluding hydrogens is 240 g/mol. The van der Waals surface area contributed by atoms with Gasteiger partial charge in [-0.05, 0) is 24.6 Å². The highest BCUT2D eigenvalue weighted by Gasteiger charge is 2.02. The SMILES string of the molecule is Cc1nccn1Cc1ccc(C(=O)O)cc1.Cl. The number of carboxylic acids is 1. The predicted molar refractivity (Wildman–Crippen MR) is 66.7 cm³/mol. The Kier molecular flexibility index (Phi) is 4.29. The second kappa shape index (κ2) is 5.50. The van der Waals surface area contributed by atoms with Gasteiger partial charge in [0.15, 0.2) is 0 Å². The van der Waals surface area contributed by atoms with Crippen LogP contribution in [0, 0.1) is 6.92 Å². The Morgan fingerprint density at radius 1 is 1.35 bits per heavy atom. The highest BCUT2D eigenvalue weighted by atomic mass is 35.5. The van der Waals surface area contributed by atoms with Crippen LogP contribution in [0.25, 0.3) is 0 Å². The maximum absolute atomic E-state index is 10.7. The van der Waals surface area contributed by atoms with Gasteiger partial charge in [0, 0.05) is 18.9 Å². The van der Waals surface area contributed by atoms with Crippen molar-refractivity contribution in [2.75, 3.05) is 0 Å². The van der Waals surface area contributed by atoms with Crippen LogP contribution in [0.3, 0.4) is 0 Å². The lowest BCUT2D eigenvalue weighted by Crippen LogP contribution is -2.02. The number of hydrogen-bond donors (Lipinski definition) is 1. The zero-order valence-electron chi connectivity index (χ0n) is 9.33. The van der Waals surface area contributed by atoms with Crippen molar-refractivity contribution in [3.8, 4) is 0 Å². The highest BCUT2D eigenvalue weighted by molar-refractivity contribution is 5.87. The van der Waals surface area contributed by atoms with Gasteiger partial charge >= 0.3 is 5.97 Å². The van der Waals surface area contributed by atoms with Gasteiger partial charge < -0.3 is 9.67 Å². The lowest BCUT2D eigenvalue weighted by atomic mass is 10.1. The fraction of sp³-hybridized carbons (Fsp3) is 0.167. The summed E-state index contributed by atoms with van der Waals surface area (Å²) in [5.74, 6) is 0.0488. The van der Waals surface area contributed by atoms with Gasteiger partial charge in [-0.25, -0.2) is 9.78 Å². The molecule has 0 aliphatic carbocycles. The van der Waals surface area contributed by atoms with Gasteiger partial charge in [-0.1, -0.05) is 12.1 Å². The van der Waals surface area contributed by atoms with Crippen LogP contribution in [0.15, 0.2) is 36.7 Å². The van der Waals surface area contributed by atoms with Gasteiger partial charge in [-0.3, -0.25) is 0 Å². The molecule has 2 aromatic rings. The predicted octanol–water partition coefficient (Wildman–Crippen LogP) is 2.36. The standard InChI is InChI=1S/C12H12N2O2.ClH/c1-9-13-6-7-14(9)8-10-2-4-11(5-3-10)12(15)16;/h2-7H,8H2,1H3,(H,15,16);1H. The number of nitrogens with zero attached hydrogens (tertiary/aromatic N) is 2. The van der Waals surface area contributed by atoms with Gasteiger partial charge in [-0.2, -0.15) is 0 Å². The summed E-state index contributed by atoms with van der Waals surface area (Å²) in [6.07, 6.45) is 3.65. The van der Waals surface area contributed by atoms with Gasteiger partial charge in [0.2, 0.25) is 0 Å². The van der Waals surface area contributed by atoms with Crippen LogP contribution in [0.5, 0.6) is 0 Å². The number of carboxylic acid groups (broad SMARTS) is 1. The fourth-order valence-electron chi connectivity index (χ4n) is 1.52. The van der Waals surface area contributed by atoms with Crippen LogP contribution >= 0.6 is 12.4 Å². The summed E-state index contributed by atoms with van der Waals surface area (Å²) in [5, 5.41) is 8.76. The zero-order valence-corrected chi connectivity index (χ0v) is 10.1. The molecule has 0 aliphatic heterocycles. The molecule has 17 heavy (non-hydrogen) atoms. The summed E-state index contributed by atoms with van der Waals surface area (Å²) in [7, 11) is 0. The number of carbonyl (C=O) groups is 1. The summed E-state index contributed by atoms with van der Waals surface area (Å²) in [5.41, 5.74) is 1.37. The van der Waals surface area contributed by atoms with Crippen molar-refractivity contribution in [2.45, 2.75) is 13.5 Å². The number of aryl methyl sites for hydroxylation is 1. The summed E-state index contributed by atoms with van der Waals surface area (Å²) in [6.45, 7) is 2.65. The molecule has 0 saturated heterocycles. The molecule has 0 unspecified atom stereocenters. The number of aromatic nitrogens is 2. The Bertz CT molecular complexity index is 505. The minimum Gasteiger partial charge on any atom is -0.478 e. The van der Waals surface area contributed by atoms with Crippen LogP contribution in [0.4, 0.5) is 0 Å². The first-order valence-corrected chi connectivity index (χ1v) is 4.97. The van der Waals surface area contributed by atoms with E-state index in [4.69, 9.17) is 5.11 Å². The number of hydrogen-bond acceptors (Lipinski definition) is 2. The molecule has 0 bridgehead atoms. The van der Waals surface area contributed by atoms with E-state index in [1.54, 1.807) is 18.3 Å². The second-order valence-electron chi connectivity index (χ2n) is 3.60. The number of benzene rings is 1. The molecule has 4 nitrogen and oxygen atoms in total. The number of halogens is 1. The zero-order chi connectivity index (χ0) is 11.5. The average Bonchev–Trinajstić information content (AvgIpc) is 2.65. The molecule has 5 heteroatoms. The van der Waals surface area contributed by atoms with Crippen molar-refractivity contribution in [3.05, 3.63) is 53.6 Å². The maximum atomic E-state index is 10.7. The van der Waals surface area contributed by atoms with E-state index >= 15 is 0 Å². The van der Waals surface area contributed by atoms with Gasteiger partial charge in [0.1, 0.15) is 5.82 Å².